The van der Waals surface area contributed by atoms with Crippen LogP contribution in [-0.4, -0.2) is 82.2 Å². The third kappa shape index (κ3) is 8.13. The van der Waals surface area contributed by atoms with Gasteiger partial charge in [-0.3, -0.25) is 23.9 Å². The van der Waals surface area contributed by atoms with Gasteiger partial charge in [-0.2, -0.15) is 0 Å². The first-order valence-electron chi connectivity index (χ1n) is 15.8. The molecule has 1 aliphatic heterocycles. The number of rotatable bonds is 11. The summed E-state index contributed by atoms with van der Waals surface area (Å²) in [6.07, 6.45) is 5.35. The van der Waals surface area contributed by atoms with E-state index in [-0.39, 0.29) is 40.2 Å². The monoisotopic (exact) mass is 689 g/mol. The third-order valence-electron chi connectivity index (χ3n) is 8.08. The summed E-state index contributed by atoms with van der Waals surface area (Å²) < 4.78 is 41.8. The number of nitrogen functional groups attached to an aromatic ring is 1. The largest absolute Gasteiger partial charge is 0.453 e. The van der Waals surface area contributed by atoms with Crippen molar-refractivity contribution in [3.63, 3.8) is 0 Å². The molecule has 0 radical (unpaired) electrons. The number of aromatic nitrogens is 3. The minimum Gasteiger partial charge on any atom is -0.453 e. The molecule has 2 aromatic carbocycles. The number of hydrogen-bond acceptors (Lipinski definition) is 9. The standard InChI is InChI=1S/C35H37F2N7O6/c1-22(2)43-21-27(34(47)44(35(43)48)25-7-4-23(36)5-8-25)33(46)40-24-6-10-30(28(37)20-24)50-29-12-13-39-32(38)26(29)9-11-31(45)42-16-14-41(15-17-42)18-19-49-3/h4-13,20-22H,14-19H2,1-3H3,(H2,38,39)(H,40,46). The van der Waals surface area contributed by atoms with Gasteiger partial charge in [-0.25, -0.2) is 23.1 Å². The number of carbonyl (C=O) groups excluding carboxylic acids is 2. The van der Waals surface area contributed by atoms with Gasteiger partial charge in [-0.1, -0.05) is 0 Å². The van der Waals surface area contributed by atoms with Crippen molar-refractivity contribution < 1.29 is 27.8 Å². The number of benzene rings is 2. The Hall–Kier alpha value is -5.67. The Bertz CT molecular complexity index is 2020. The number of amides is 2. The number of hydrogen-bond donors (Lipinski definition) is 2. The van der Waals surface area contributed by atoms with Gasteiger partial charge in [0.05, 0.1) is 17.9 Å². The Labute approximate surface area is 286 Å². The van der Waals surface area contributed by atoms with Gasteiger partial charge in [0.1, 0.15) is 22.9 Å². The molecule has 2 aromatic heterocycles. The highest BCUT2D eigenvalue weighted by Crippen LogP contribution is 2.32. The van der Waals surface area contributed by atoms with E-state index in [0.29, 0.717) is 19.7 Å². The minimum atomic E-state index is -0.935. The van der Waals surface area contributed by atoms with E-state index in [1.165, 1.54) is 53.2 Å². The number of nitrogens with zero attached hydrogens (tertiary/aromatic N) is 5. The van der Waals surface area contributed by atoms with Crippen LogP contribution >= 0.6 is 0 Å². The van der Waals surface area contributed by atoms with Gasteiger partial charge in [-0.05, 0) is 62.4 Å². The minimum absolute atomic E-state index is 0.00263. The number of ether oxygens (including phenoxy) is 2. The number of anilines is 2. The average Bonchev–Trinajstić information content (AvgIpc) is 3.09. The molecule has 13 nitrogen and oxygen atoms in total. The first-order valence-corrected chi connectivity index (χ1v) is 15.8. The quantitative estimate of drug-likeness (QED) is 0.225. The molecule has 0 aliphatic carbocycles. The van der Waals surface area contributed by atoms with Crippen LogP contribution in [0.25, 0.3) is 11.8 Å². The molecule has 1 saturated heterocycles. The van der Waals surface area contributed by atoms with Crippen LogP contribution in [0.15, 0.2) is 76.6 Å². The maximum absolute atomic E-state index is 15.4. The molecule has 1 fully saturated rings. The molecular weight excluding hydrogens is 652 g/mol. The zero-order valence-electron chi connectivity index (χ0n) is 27.8. The van der Waals surface area contributed by atoms with Crippen molar-refractivity contribution in [1.82, 2.24) is 23.9 Å². The van der Waals surface area contributed by atoms with Crippen LogP contribution < -0.4 is 27.0 Å². The van der Waals surface area contributed by atoms with E-state index in [4.69, 9.17) is 15.2 Å². The smallest absolute Gasteiger partial charge is 0.335 e. The fraction of sp³-hybridized carbons (Fsp3) is 0.286. The van der Waals surface area contributed by atoms with E-state index in [2.05, 4.69) is 15.2 Å². The van der Waals surface area contributed by atoms with Crippen LogP contribution in [0.2, 0.25) is 0 Å². The van der Waals surface area contributed by atoms with E-state index in [9.17, 15) is 23.6 Å². The Kier molecular flexibility index (Phi) is 11.2. The zero-order valence-corrected chi connectivity index (χ0v) is 27.8. The molecule has 15 heteroatoms. The van der Waals surface area contributed by atoms with E-state index in [0.717, 1.165) is 48.6 Å². The molecule has 0 unspecified atom stereocenters. The lowest BCUT2D eigenvalue weighted by molar-refractivity contribution is -0.127. The molecule has 0 spiro atoms. The summed E-state index contributed by atoms with van der Waals surface area (Å²) in [5.74, 6) is -2.55. The van der Waals surface area contributed by atoms with E-state index >= 15 is 4.39 Å². The van der Waals surface area contributed by atoms with Crippen LogP contribution in [0.4, 0.5) is 20.3 Å². The molecular formula is C35H37F2N7O6. The Morgan fingerprint density at radius 3 is 2.40 bits per heavy atom. The lowest BCUT2D eigenvalue weighted by Crippen LogP contribution is -2.48. The van der Waals surface area contributed by atoms with Gasteiger partial charge < -0.3 is 25.4 Å². The van der Waals surface area contributed by atoms with Crippen molar-refractivity contribution in [3.8, 4) is 17.2 Å². The van der Waals surface area contributed by atoms with Gasteiger partial charge in [-0.15, -0.1) is 0 Å². The molecule has 3 heterocycles. The summed E-state index contributed by atoms with van der Waals surface area (Å²) in [6.45, 7) is 7.35. The molecule has 0 saturated carbocycles. The second kappa shape index (κ2) is 15.7. The Morgan fingerprint density at radius 2 is 1.74 bits per heavy atom. The summed E-state index contributed by atoms with van der Waals surface area (Å²) in [7, 11) is 1.65. The third-order valence-corrected chi connectivity index (χ3v) is 8.08. The maximum atomic E-state index is 15.4. The summed E-state index contributed by atoms with van der Waals surface area (Å²) in [5, 5.41) is 2.49. The maximum Gasteiger partial charge on any atom is 0.335 e. The van der Waals surface area contributed by atoms with Crippen molar-refractivity contribution in [2.75, 3.05) is 57.5 Å². The van der Waals surface area contributed by atoms with Crippen molar-refractivity contribution in [2.24, 2.45) is 0 Å². The lowest BCUT2D eigenvalue weighted by Gasteiger charge is -2.34. The predicted octanol–water partition coefficient (Wildman–Crippen LogP) is 3.68. The fourth-order valence-corrected chi connectivity index (χ4v) is 5.29. The summed E-state index contributed by atoms with van der Waals surface area (Å²) in [6, 6.07) is 9.36. The van der Waals surface area contributed by atoms with Crippen LogP contribution in [0.1, 0.15) is 35.8 Å². The van der Waals surface area contributed by atoms with Crippen molar-refractivity contribution in [2.45, 2.75) is 19.9 Å². The van der Waals surface area contributed by atoms with Gasteiger partial charge in [0.15, 0.2) is 11.6 Å². The topological polar surface area (TPSA) is 154 Å². The summed E-state index contributed by atoms with van der Waals surface area (Å²) in [5.41, 5.74) is 4.39. The molecule has 262 valence electrons. The van der Waals surface area contributed by atoms with Crippen LogP contribution in [0.3, 0.4) is 0 Å². The molecule has 0 bridgehead atoms. The Balaban J connectivity index is 1.32. The number of nitrogens with one attached hydrogen (secondary N) is 1. The molecule has 1 aliphatic rings. The normalized spacial score (nSPS) is 13.6. The highest BCUT2D eigenvalue weighted by atomic mass is 19.1. The molecule has 5 rings (SSSR count). The zero-order chi connectivity index (χ0) is 35.9. The Morgan fingerprint density at radius 1 is 1.02 bits per heavy atom. The molecule has 0 atom stereocenters. The van der Waals surface area contributed by atoms with Crippen molar-refractivity contribution >= 4 is 29.4 Å². The number of nitrogens with two attached hydrogens (primary N) is 1. The molecule has 50 heavy (non-hydrogen) atoms. The van der Waals surface area contributed by atoms with Crippen molar-refractivity contribution in [3.05, 3.63) is 111 Å². The van der Waals surface area contributed by atoms with Crippen LogP contribution in [0.5, 0.6) is 11.5 Å². The number of piperazine rings is 1. The highest BCUT2D eigenvalue weighted by Gasteiger charge is 2.22. The van der Waals surface area contributed by atoms with E-state index in [1.54, 1.807) is 25.9 Å². The van der Waals surface area contributed by atoms with Gasteiger partial charge in [0.25, 0.3) is 11.5 Å². The number of pyridine rings is 1. The molecule has 3 N–H and O–H groups in total. The number of halogens is 2. The molecule has 4 aromatic rings. The lowest BCUT2D eigenvalue weighted by atomic mass is 10.2. The van der Waals surface area contributed by atoms with Crippen LogP contribution in [0, 0.1) is 11.6 Å². The van der Waals surface area contributed by atoms with E-state index < -0.39 is 40.4 Å². The van der Waals surface area contributed by atoms with Crippen molar-refractivity contribution in [1.29, 1.82) is 0 Å². The molecule has 2 amide bonds. The average molecular weight is 690 g/mol. The van der Waals surface area contributed by atoms with E-state index in [1.807, 2.05) is 0 Å². The van der Waals surface area contributed by atoms with Gasteiger partial charge >= 0.3 is 5.69 Å². The first kappa shape index (κ1) is 35.6. The van der Waals surface area contributed by atoms with Gasteiger partial charge in [0, 0.05) is 76.1 Å². The second-order valence-electron chi connectivity index (χ2n) is 11.7. The predicted molar refractivity (Wildman–Crippen MR) is 184 cm³/mol. The summed E-state index contributed by atoms with van der Waals surface area (Å²) >= 11 is 0. The fourth-order valence-electron chi connectivity index (χ4n) is 5.29. The number of carbonyl (C=O) groups is 2. The second-order valence-corrected chi connectivity index (χ2v) is 11.7. The SMILES string of the molecule is COCCN1CCN(C(=O)C=Cc2c(Oc3ccc(NC(=O)c4cn(C(C)C)c(=O)n(-c5ccc(F)cc5)c4=O)cc3F)ccnc2N)CC1. The highest BCUT2D eigenvalue weighted by molar-refractivity contribution is 6.04. The first-order chi connectivity index (χ1) is 24.0. The number of methoxy groups -OCH3 is 1. The van der Waals surface area contributed by atoms with Gasteiger partial charge in [0.2, 0.25) is 5.91 Å². The summed E-state index contributed by atoms with van der Waals surface area (Å²) in [4.78, 5) is 60.7. The van der Waals surface area contributed by atoms with Crippen LogP contribution in [-0.2, 0) is 9.53 Å².